The second-order valence-corrected chi connectivity index (χ2v) is 4.04. The zero-order chi connectivity index (χ0) is 14.5. The molecule has 0 aliphatic carbocycles. The van der Waals surface area contributed by atoms with E-state index in [0.29, 0.717) is 11.3 Å². The standard InChI is InChI=1S/C14H13FN2O3/c1-16-12-7-4-8-13(14(12)17(18)19)20-9-10-5-2-3-6-11(10)15/h2-8,16H,9H2,1H3. The molecule has 0 saturated heterocycles. The van der Waals surface area contributed by atoms with E-state index in [4.69, 9.17) is 4.74 Å². The van der Waals surface area contributed by atoms with E-state index in [-0.39, 0.29) is 18.0 Å². The Morgan fingerprint density at radius 3 is 2.65 bits per heavy atom. The van der Waals surface area contributed by atoms with Gasteiger partial charge in [0.05, 0.1) is 4.92 Å². The fourth-order valence-electron chi connectivity index (χ4n) is 1.80. The lowest BCUT2D eigenvalue weighted by Crippen LogP contribution is -2.03. The van der Waals surface area contributed by atoms with Crippen LogP contribution in [0, 0.1) is 15.9 Å². The predicted molar refractivity (Wildman–Crippen MR) is 73.4 cm³/mol. The molecule has 20 heavy (non-hydrogen) atoms. The van der Waals surface area contributed by atoms with Crippen molar-refractivity contribution in [1.29, 1.82) is 0 Å². The van der Waals surface area contributed by atoms with Crippen molar-refractivity contribution in [2.45, 2.75) is 6.61 Å². The Balaban J connectivity index is 2.26. The molecule has 0 aliphatic heterocycles. The normalized spacial score (nSPS) is 10.1. The number of anilines is 1. The molecule has 0 aromatic heterocycles. The van der Waals surface area contributed by atoms with Crippen LogP contribution in [0.1, 0.15) is 5.56 Å². The van der Waals surface area contributed by atoms with Crippen LogP contribution in [0.4, 0.5) is 15.8 Å². The van der Waals surface area contributed by atoms with Crippen LogP contribution in [0.2, 0.25) is 0 Å². The van der Waals surface area contributed by atoms with E-state index in [1.54, 1.807) is 37.4 Å². The van der Waals surface area contributed by atoms with Gasteiger partial charge in [-0.05, 0) is 18.2 Å². The molecule has 5 nitrogen and oxygen atoms in total. The average molecular weight is 276 g/mol. The van der Waals surface area contributed by atoms with Gasteiger partial charge in [0.15, 0.2) is 5.75 Å². The first kappa shape index (κ1) is 13.8. The highest BCUT2D eigenvalue weighted by atomic mass is 19.1. The summed E-state index contributed by atoms with van der Waals surface area (Å²) in [6.45, 7) is -0.0688. The SMILES string of the molecule is CNc1cccc(OCc2ccccc2F)c1[N+](=O)[O-]. The molecule has 0 saturated carbocycles. The van der Waals surface area contributed by atoms with E-state index >= 15 is 0 Å². The van der Waals surface area contributed by atoms with Gasteiger partial charge >= 0.3 is 5.69 Å². The van der Waals surface area contributed by atoms with Crippen molar-refractivity contribution in [1.82, 2.24) is 0 Å². The lowest BCUT2D eigenvalue weighted by Gasteiger charge is -2.09. The molecular weight excluding hydrogens is 263 g/mol. The number of nitro groups is 1. The molecule has 0 amide bonds. The van der Waals surface area contributed by atoms with Gasteiger partial charge < -0.3 is 10.1 Å². The largest absolute Gasteiger partial charge is 0.482 e. The fourth-order valence-corrected chi connectivity index (χ4v) is 1.80. The summed E-state index contributed by atoms with van der Waals surface area (Å²) < 4.78 is 18.9. The molecule has 0 fully saturated rings. The highest BCUT2D eigenvalue weighted by molar-refractivity contribution is 5.68. The van der Waals surface area contributed by atoms with Crippen LogP contribution in [0.3, 0.4) is 0 Å². The van der Waals surface area contributed by atoms with Gasteiger partial charge in [0.2, 0.25) is 0 Å². The second-order valence-electron chi connectivity index (χ2n) is 4.04. The van der Waals surface area contributed by atoms with Crippen LogP contribution in [-0.2, 0) is 6.61 Å². The fraction of sp³-hybridized carbons (Fsp3) is 0.143. The van der Waals surface area contributed by atoms with E-state index in [9.17, 15) is 14.5 Å². The minimum absolute atomic E-state index is 0.0688. The third-order valence-electron chi connectivity index (χ3n) is 2.79. The molecule has 2 aromatic rings. The summed E-state index contributed by atoms with van der Waals surface area (Å²) in [6, 6.07) is 10.8. The number of nitro benzene ring substituents is 1. The topological polar surface area (TPSA) is 64.4 Å². The van der Waals surface area contributed by atoms with Crippen LogP contribution in [0.5, 0.6) is 5.75 Å². The summed E-state index contributed by atoms with van der Waals surface area (Å²) in [5.41, 5.74) is 0.532. The Morgan fingerprint density at radius 2 is 2.00 bits per heavy atom. The second kappa shape index (κ2) is 6.01. The lowest BCUT2D eigenvalue weighted by molar-refractivity contribution is -0.385. The molecule has 2 aromatic carbocycles. The summed E-state index contributed by atoms with van der Waals surface area (Å²) in [7, 11) is 1.59. The molecule has 0 atom stereocenters. The molecule has 0 aliphatic rings. The third kappa shape index (κ3) is 2.85. The number of benzene rings is 2. The number of para-hydroxylation sites is 1. The molecule has 0 heterocycles. The summed E-state index contributed by atoms with van der Waals surface area (Å²) in [6.07, 6.45) is 0. The van der Waals surface area contributed by atoms with Gasteiger partial charge in [-0.2, -0.15) is 0 Å². The van der Waals surface area contributed by atoms with Gasteiger partial charge in [0.1, 0.15) is 18.1 Å². The number of hydrogen-bond donors (Lipinski definition) is 1. The molecular formula is C14H13FN2O3. The van der Waals surface area contributed by atoms with Crippen LogP contribution < -0.4 is 10.1 Å². The van der Waals surface area contributed by atoms with Crippen molar-refractivity contribution in [3.8, 4) is 5.75 Å². The minimum Gasteiger partial charge on any atom is -0.482 e. The van der Waals surface area contributed by atoms with Gasteiger partial charge in [-0.3, -0.25) is 10.1 Å². The Kier molecular flexibility index (Phi) is 4.14. The maximum absolute atomic E-state index is 13.5. The van der Waals surface area contributed by atoms with Crippen molar-refractivity contribution >= 4 is 11.4 Å². The van der Waals surface area contributed by atoms with Gasteiger partial charge in [0, 0.05) is 12.6 Å². The van der Waals surface area contributed by atoms with E-state index in [1.165, 1.54) is 12.1 Å². The van der Waals surface area contributed by atoms with Gasteiger partial charge in [-0.25, -0.2) is 4.39 Å². The van der Waals surface area contributed by atoms with E-state index in [2.05, 4.69) is 5.32 Å². The van der Waals surface area contributed by atoms with Gasteiger partial charge in [-0.1, -0.05) is 24.3 Å². The zero-order valence-electron chi connectivity index (χ0n) is 10.8. The highest BCUT2D eigenvalue weighted by Gasteiger charge is 2.20. The third-order valence-corrected chi connectivity index (χ3v) is 2.79. The maximum atomic E-state index is 13.5. The molecule has 1 N–H and O–H groups in total. The summed E-state index contributed by atoms with van der Waals surface area (Å²) in [5, 5.41) is 13.8. The predicted octanol–water partition coefficient (Wildman–Crippen LogP) is 3.35. The van der Waals surface area contributed by atoms with Crippen LogP contribution in [0.15, 0.2) is 42.5 Å². The number of nitrogens with one attached hydrogen (secondary N) is 1. The lowest BCUT2D eigenvalue weighted by atomic mass is 10.2. The summed E-state index contributed by atoms with van der Waals surface area (Å²) >= 11 is 0. The monoisotopic (exact) mass is 276 g/mol. The Bertz CT molecular complexity index is 632. The molecule has 104 valence electrons. The van der Waals surface area contributed by atoms with Crippen molar-refractivity contribution in [2.24, 2.45) is 0 Å². The van der Waals surface area contributed by atoms with E-state index < -0.39 is 10.7 Å². The summed E-state index contributed by atoms with van der Waals surface area (Å²) in [4.78, 5) is 10.6. The van der Waals surface area contributed by atoms with Crippen molar-refractivity contribution in [3.05, 3.63) is 64.0 Å². The first-order valence-corrected chi connectivity index (χ1v) is 5.95. The molecule has 0 bridgehead atoms. The van der Waals surface area contributed by atoms with Crippen LogP contribution in [-0.4, -0.2) is 12.0 Å². The Labute approximate surface area is 115 Å². The quantitative estimate of drug-likeness (QED) is 0.671. The molecule has 0 spiro atoms. The minimum atomic E-state index is -0.525. The van der Waals surface area contributed by atoms with Crippen molar-refractivity contribution in [2.75, 3.05) is 12.4 Å². The summed E-state index contributed by atoms with van der Waals surface area (Å²) in [5.74, 6) is -0.301. The smallest absolute Gasteiger partial charge is 0.333 e. The molecule has 0 radical (unpaired) electrons. The number of ether oxygens (including phenoxy) is 1. The maximum Gasteiger partial charge on any atom is 0.333 e. The number of hydrogen-bond acceptors (Lipinski definition) is 4. The molecule has 6 heteroatoms. The first-order valence-electron chi connectivity index (χ1n) is 5.95. The number of rotatable bonds is 5. The number of halogens is 1. The van der Waals surface area contributed by atoms with E-state index in [0.717, 1.165) is 0 Å². The van der Waals surface area contributed by atoms with Crippen LogP contribution in [0.25, 0.3) is 0 Å². The molecule has 0 unspecified atom stereocenters. The number of nitrogens with zero attached hydrogens (tertiary/aromatic N) is 1. The average Bonchev–Trinajstić information content (AvgIpc) is 2.45. The highest BCUT2D eigenvalue weighted by Crippen LogP contribution is 2.34. The Morgan fingerprint density at radius 1 is 1.25 bits per heavy atom. The van der Waals surface area contributed by atoms with Crippen molar-refractivity contribution < 1.29 is 14.1 Å². The van der Waals surface area contributed by atoms with Crippen LogP contribution >= 0.6 is 0 Å². The van der Waals surface area contributed by atoms with Crippen molar-refractivity contribution in [3.63, 3.8) is 0 Å². The first-order chi connectivity index (χ1) is 9.63. The van der Waals surface area contributed by atoms with Gasteiger partial charge in [-0.15, -0.1) is 0 Å². The zero-order valence-corrected chi connectivity index (χ0v) is 10.8. The van der Waals surface area contributed by atoms with Gasteiger partial charge in [0.25, 0.3) is 0 Å². The molecule has 2 rings (SSSR count). The van der Waals surface area contributed by atoms with E-state index in [1.807, 2.05) is 0 Å². The Hall–Kier alpha value is -2.63.